The fourth-order valence-electron chi connectivity index (χ4n) is 3.12. The van der Waals surface area contributed by atoms with Gasteiger partial charge in [0.05, 0.1) is 39.8 Å². The van der Waals surface area contributed by atoms with Crippen molar-refractivity contribution in [2.75, 3.05) is 26.6 Å². The van der Waals surface area contributed by atoms with E-state index in [4.69, 9.17) is 30.8 Å². The van der Waals surface area contributed by atoms with Crippen LogP contribution in [0, 0.1) is 6.92 Å². The minimum absolute atomic E-state index is 0.493. The molecule has 0 spiro atoms. The van der Waals surface area contributed by atoms with Crippen molar-refractivity contribution >= 4 is 23.0 Å². The molecule has 0 atom stereocenters. The van der Waals surface area contributed by atoms with Crippen molar-refractivity contribution in [3.05, 3.63) is 71.7 Å². The molecular formula is C23H26N2O4S. The highest BCUT2D eigenvalue weighted by Gasteiger charge is 2.17. The summed E-state index contributed by atoms with van der Waals surface area (Å²) in [6, 6.07) is 15.4. The zero-order valence-electron chi connectivity index (χ0n) is 17.6. The van der Waals surface area contributed by atoms with Gasteiger partial charge < -0.3 is 28.8 Å². The van der Waals surface area contributed by atoms with Gasteiger partial charge >= 0.3 is 0 Å². The van der Waals surface area contributed by atoms with Gasteiger partial charge in [-0.2, -0.15) is 0 Å². The maximum atomic E-state index is 5.77. The minimum Gasteiger partial charge on any atom is -0.497 e. The van der Waals surface area contributed by atoms with Gasteiger partial charge in [0.15, 0.2) is 5.11 Å². The first-order valence-corrected chi connectivity index (χ1v) is 9.88. The summed E-state index contributed by atoms with van der Waals surface area (Å²) in [6.07, 6.45) is 1.65. The number of nitrogens with zero attached hydrogens (tertiary/aromatic N) is 1. The number of nitrogens with one attached hydrogen (secondary N) is 1. The fraction of sp³-hybridized carbons (Fsp3) is 0.261. The van der Waals surface area contributed by atoms with Crippen LogP contribution >= 0.6 is 12.2 Å². The highest BCUT2D eigenvalue weighted by molar-refractivity contribution is 7.80. The third-order valence-electron chi connectivity index (χ3n) is 4.66. The van der Waals surface area contributed by atoms with E-state index >= 15 is 0 Å². The predicted molar refractivity (Wildman–Crippen MR) is 121 cm³/mol. The van der Waals surface area contributed by atoms with Crippen molar-refractivity contribution in [2.45, 2.75) is 20.0 Å². The summed E-state index contributed by atoms with van der Waals surface area (Å²) in [5.41, 5.74) is 2.86. The molecule has 0 saturated carbocycles. The van der Waals surface area contributed by atoms with Crippen LogP contribution in [0.3, 0.4) is 0 Å². The molecule has 0 radical (unpaired) electrons. The summed E-state index contributed by atoms with van der Waals surface area (Å²) >= 11 is 5.77. The van der Waals surface area contributed by atoms with Gasteiger partial charge in [-0.1, -0.05) is 6.07 Å². The minimum atomic E-state index is 0.493. The molecule has 1 N–H and O–H groups in total. The Balaban J connectivity index is 1.89. The summed E-state index contributed by atoms with van der Waals surface area (Å²) in [6.45, 7) is 3.02. The zero-order chi connectivity index (χ0) is 21.5. The quantitative estimate of drug-likeness (QED) is 0.508. The third-order valence-corrected chi connectivity index (χ3v) is 5.02. The number of furan rings is 1. The lowest BCUT2D eigenvalue weighted by molar-refractivity contribution is 0.346. The second-order valence-electron chi connectivity index (χ2n) is 6.75. The number of rotatable bonds is 8. The first-order valence-electron chi connectivity index (χ1n) is 9.48. The van der Waals surface area contributed by atoms with Gasteiger partial charge in [-0.3, -0.25) is 0 Å². The second-order valence-corrected chi connectivity index (χ2v) is 7.13. The largest absolute Gasteiger partial charge is 0.497 e. The summed E-state index contributed by atoms with van der Waals surface area (Å²) in [7, 11) is 4.93. The lowest BCUT2D eigenvalue weighted by Crippen LogP contribution is -2.34. The van der Waals surface area contributed by atoms with E-state index in [1.165, 1.54) is 0 Å². The molecule has 3 rings (SSSR count). The molecule has 0 aliphatic heterocycles. The van der Waals surface area contributed by atoms with E-state index in [1.807, 2.05) is 60.4 Å². The van der Waals surface area contributed by atoms with E-state index < -0.39 is 0 Å². The number of thiocarbonyl (C=S) groups is 1. The molecular weight excluding hydrogens is 400 g/mol. The zero-order valence-corrected chi connectivity index (χ0v) is 18.4. The Kier molecular flexibility index (Phi) is 7.19. The summed E-state index contributed by atoms with van der Waals surface area (Å²) < 4.78 is 22.0. The Bertz CT molecular complexity index is 989. The van der Waals surface area contributed by atoms with Crippen molar-refractivity contribution in [3.63, 3.8) is 0 Å². The van der Waals surface area contributed by atoms with E-state index in [0.29, 0.717) is 18.2 Å². The van der Waals surface area contributed by atoms with Crippen molar-refractivity contribution in [3.8, 4) is 17.2 Å². The van der Waals surface area contributed by atoms with Crippen molar-refractivity contribution < 1.29 is 18.6 Å². The Labute approximate surface area is 182 Å². The van der Waals surface area contributed by atoms with Crippen molar-refractivity contribution in [1.82, 2.24) is 4.90 Å². The van der Waals surface area contributed by atoms with Gasteiger partial charge in [-0.15, -0.1) is 0 Å². The highest BCUT2D eigenvalue weighted by atomic mass is 32.1. The van der Waals surface area contributed by atoms with Gasteiger partial charge in [0.2, 0.25) is 0 Å². The molecule has 0 unspecified atom stereocenters. The van der Waals surface area contributed by atoms with Gasteiger partial charge in [0.1, 0.15) is 23.0 Å². The van der Waals surface area contributed by atoms with Crippen LogP contribution in [0.15, 0.2) is 59.2 Å². The van der Waals surface area contributed by atoms with Crippen LogP contribution < -0.4 is 19.5 Å². The van der Waals surface area contributed by atoms with Crippen LogP contribution in [-0.4, -0.2) is 31.3 Å². The molecule has 0 fully saturated rings. The molecule has 0 aliphatic rings. The van der Waals surface area contributed by atoms with Crippen LogP contribution in [0.4, 0.5) is 5.69 Å². The molecule has 1 aromatic heterocycles. The number of hydrogen-bond donors (Lipinski definition) is 1. The summed E-state index contributed by atoms with van der Waals surface area (Å²) in [4.78, 5) is 2.01. The van der Waals surface area contributed by atoms with Gasteiger partial charge in [-0.25, -0.2) is 0 Å². The van der Waals surface area contributed by atoms with Gasteiger partial charge in [0.25, 0.3) is 0 Å². The molecule has 30 heavy (non-hydrogen) atoms. The van der Waals surface area contributed by atoms with Crippen LogP contribution in [0.5, 0.6) is 17.2 Å². The number of ether oxygens (including phenoxy) is 3. The molecule has 2 aromatic carbocycles. The lowest BCUT2D eigenvalue weighted by Gasteiger charge is -2.26. The maximum absolute atomic E-state index is 5.77. The monoisotopic (exact) mass is 426 g/mol. The van der Waals surface area contributed by atoms with E-state index in [-0.39, 0.29) is 0 Å². The number of benzene rings is 2. The van der Waals surface area contributed by atoms with Crippen LogP contribution in [-0.2, 0) is 13.1 Å². The highest BCUT2D eigenvalue weighted by Crippen LogP contribution is 2.28. The molecule has 0 aliphatic carbocycles. The predicted octanol–water partition coefficient (Wildman–Crippen LogP) is 5.01. The van der Waals surface area contributed by atoms with Crippen molar-refractivity contribution in [1.29, 1.82) is 0 Å². The first kappa shape index (κ1) is 21.5. The smallest absolute Gasteiger partial charge is 0.174 e. The topological polar surface area (TPSA) is 56.1 Å². The Morgan fingerprint density at radius 3 is 2.40 bits per heavy atom. The van der Waals surface area contributed by atoms with Crippen LogP contribution in [0.1, 0.15) is 16.9 Å². The molecule has 158 valence electrons. The Morgan fingerprint density at radius 2 is 1.73 bits per heavy atom. The van der Waals surface area contributed by atoms with E-state index in [1.54, 1.807) is 27.6 Å². The second kappa shape index (κ2) is 10.0. The fourth-order valence-corrected chi connectivity index (χ4v) is 3.35. The molecule has 0 bridgehead atoms. The van der Waals surface area contributed by atoms with Crippen LogP contribution in [0.25, 0.3) is 0 Å². The summed E-state index contributed by atoms with van der Waals surface area (Å²) in [5.74, 6) is 3.04. The molecule has 3 aromatic rings. The molecule has 7 heteroatoms. The normalized spacial score (nSPS) is 10.4. The summed E-state index contributed by atoms with van der Waals surface area (Å²) in [5, 5.41) is 3.86. The standard InChI is InChI=1S/C23H26N2O4S/c1-16-7-9-22(28-4)20(12-16)24-23(30)25(15-19-6-5-11-29-19)14-17-13-18(26-2)8-10-21(17)27-3/h5-13H,14-15H2,1-4H3,(H,24,30). The van der Waals surface area contributed by atoms with Gasteiger partial charge in [-0.05, 0) is 67.2 Å². The van der Waals surface area contributed by atoms with E-state index in [9.17, 15) is 0 Å². The Hall–Kier alpha value is -3.19. The average Bonchev–Trinajstić information content (AvgIpc) is 3.26. The third kappa shape index (κ3) is 5.24. The molecule has 0 saturated heterocycles. The number of anilines is 1. The molecule has 0 amide bonds. The first-order chi connectivity index (χ1) is 14.5. The average molecular weight is 427 g/mol. The number of methoxy groups -OCH3 is 3. The van der Waals surface area contributed by atoms with Crippen LogP contribution in [0.2, 0.25) is 0 Å². The maximum Gasteiger partial charge on any atom is 0.174 e. The molecule has 6 nitrogen and oxygen atoms in total. The van der Waals surface area contributed by atoms with E-state index in [0.717, 1.165) is 39.8 Å². The molecule has 1 heterocycles. The SMILES string of the molecule is COc1ccc(OC)c(CN(Cc2ccco2)C(=S)Nc2cc(C)ccc2OC)c1. The van der Waals surface area contributed by atoms with Gasteiger partial charge in [0, 0.05) is 12.1 Å². The van der Waals surface area contributed by atoms with E-state index in [2.05, 4.69) is 5.32 Å². The van der Waals surface area contributed by atoms with Crippen molar-refractivity contribution in [2.24, 2.45) is 0 Å². The Morgan fingerprint density at radius 1 is 0.967 bits per heavy atom. The number of hydrogen-bond acceptors (Lipinski definition) is 5. The lowest BCUT2D eigenvalue weighted by atomic mass is 10.1. The number of aryl methyl sites for hydroxylation is 1.